The van der Waals surface area contributed by atoms with Crippen LogP contribution < -0.4 is 5.32 Å². The normalized spacial score (nSPS) is 13.8. The third kappa shape index (κ3) is 4.03. The number of nitro benzene ring substituents is 1. The topological polar surface area (TPSA) is 103 Å². The zero-order valence-electron chi connectivity index (χ0n) is 15.3. The summed E-state index contributed by atoms with van der Waals surface area (Å²) in [5, 5.41) is 14.1. The number of benzene rings is 1. The molecule has 0 spiro atoms. The molecule has 2 heterocycles. The molecule has 0 saturated heterocycles. The lowest BCUT2D eigenvalue weighted by molar-refractivity contribution is -0.383. The highest BCUT2D eigenvalue weighted by Gasteiger charge is 2.32. The number of para-hydroxylation sites is 1. The summed E-state index contributed by atoms with van der Waals surface area (Å²) in [4.78, 5) is 30.6. The Hall–Kier alpha value is -3.50. The van der Waals surface area contributed by atoms with Crippen LogP contribution in [0, 0.1) is 10.1 Å². The van der Waals surface area contributed by atoms with Gasteiger partial charge in [0.2, 0.25) is 5.91 Å². The monoisotopic (exact) mass is 407 g/mol. The number of rotatable bonds is 5. The molecule has 0 fully saturated rings. The summed E-state index contributed by atoms with van der Waals surface area (Å²) in [5.41, 5.74) is -0.283. The van der Waals surface area contributed by atoms with Crippen LogP contribution in [0.1, 0.15) is 37.2 Å². The lowest BCUT2D eigenvalue weighted by atomic mass is 10.0. The lowest BCUT2D eigenvalue weighted by Gasteiger charge is -2.26. The second kappa shape index (κ2) is 7.49. The number of aromatic nitrogens is 3. The van der Waals surface area contributed by atoms with Gasteiger partial charge in [-0.05, 0) is 25.1 Å². The summed E-state index contributed by atoms with van der Waals surface area (Å²) in [6.07, 6.45) is -2.46. The van der Waals surface area contributed by atoms with Crippen LogP contribution >= 0.6 is 0 Å². The van der Waals surface area contributed by atoms with Crippen molar-refractivity contribution in [1.29, 1.82) is 0 Å². The Balaban J connectivity index is 2.07. The Bertz CT molecular complexity index is 1060. The van der Waals surface area contributed by atoms with Crippen molar-refractivity contribution in [2.45, 2.75) is 32.1 Å². The van der Waals surface area contributed by atoms with Crippen molar-refractivity contribution in [1.82, 2.24) is 19.9 Å². The summed E-state index contributed by atoms with van der Waals surface area (Å²) < 4.78 is 40.0. The van der Waals surface area contributed by atoms with Crippen molar-refractivity contribution in [3.8, 4) is 0 Å². The fraction of sp³-hybridized carbons (Fsp3) is 0.278. The van der Waals surface area contributed by atoms with Gasteiger partial charge in [-0.3, -0.25) is 19.9 Å². The van der Waals surface area contributed by atoms with Crippen LogP contribution in [0.4, 0.5) is 18.9 Å². The minimum absolute atomic E-state index is 0.172. The van der Waals surface area contributed by atoms with E-state index in [0.29, 0.717) is 11.7 Å². The Morgan fingerprint density at radius 2 is 1.97 bits per heavy atom. The quantitative estimate of drug-likeness (QED) is 0.512. The van der Waals surface area contributed by atoms with Gasteiger partial charge in [-0.25, -0.2) is 4.98 Å². The Morgan fingerprint density at radius 3 is 2.52 bits per heavy atom. The van der Waals surface area contributed by atoms with Gasteiger partial charge in [0.15, 0.2) is 0 Å². The van der Waals surface area contributed by atoms with Crippen LogP contribution in [-0.2, 0) is 11.0 Å². The van der Waals surface area contributed by atoms with E-state index in [0.717, 1.165) is 6.07 Å². The van der Waals surface area contributed by atoms with Crippen LogP contribution in [0.15, 0.2) is 42.9 Å². The Morgan fingerprint density at radius 1 is 1.24 bits per heavy atom. The highest BCUT2D eigenvalue weighted by molar-refractivity contribution is 5.85. The molecule has 0 aliphatic carbocycles. The van der Waals surface area contributed by atoms with Crippen molar-refractivity contribution >= 4 is 22.6 Å². The predicted octanol–water partition coefficient (Wildman–Crippen LogP) is 3.80. The van der Waals surface area contributed by atoms with Gasteiger partial charge < -0.3 is 9.88 Å². The number of carbonyl (C=O) groups is 1. The van der Waals surface area contributed by atoms with E-state index >= 15 is 0 Å². The SMILES string of the molecule is CC(=O)NC(c1ccc(C(F)(F)F)cn1)C(C)n1cnc2cccc([N+](=O)[O-])c21. The number of carbonyl (C=O) groups excluding carboxylic acids is 1. The van der Waals surface area contributed by atoms with Crippen LogP contribution in [0.2, 0.25) is 0 Å². The Labute approximate surface area is 162 Å². The molecule has 152 valence electrons. The molecular weight excluding hydrogens is 391 g/mol. The molecule has 0 saturated carbocycles. The van der Waals surface area contributed by atoms with Gasteiger partial charge >= 0.3 is 6.18 Å². The number of nitrogens with zero attached hydrogens (tertiary/aromatic N) is 4. The number of fused-ring (bicyclic) bond motifs is 1. The van der Waals surface area contributed by atoms with E-state index in [1.165, 1.54) is 36.0 Å². The van der Waals surface area contributed by atoms with E-state index < -0.39 is 34.7 Å². The fourth-order valence-electron chi connectivity index (χ4n) is 3.10. The van der Waals surface area contributed by atoms with Gasteiger partial charge in [-0.1, -0.05) is 6.07 Å². The standard InChI is InChI=1S/C18H16F3N5O3/c1-10(25-9-23-14-4-3-5-15(17(14)25)26(28)29)16(24-11(2)27)13-7-6-12(8-22-13)18(19,20)21/h3-10,16H,1-2H3,(H,24,27). The van der Waals surface area contributed by atoms with Crippen LogP contribution in [0.25, 0.3) is 11.0 Å². The average Bonchev–Trinajstić information content (AvgIpc) is 3.09. The minimum atomic E-state index is -4.54. The number of hydrogen-bond donors (Lipinski definition) is 1. The lowest BCUT2D eigenvalue weighted by Crippen LogP contribution is -2.32. The predicted molar refractivity (Wildman–Crippen MR) is 96.9 cm³/mol. The molecule has 1 N–H and O–H groups in total. The number of hydrogen-bond acceptors (Lipinski definition) is 5. The summed E-state index contributed by atoms with van der Waals surface area (Å²) in [6, 6.07) is 5.02. The maximum absolute atomic E-state index is 12.8. The highest BCUT2D eigenvalue weighted by Crippen LogP contribution is 2.34. The first-order valence-electron chi connectivity index (χ1n) is 8.49. The zero-order chi connectivity index (χ0) is 21.3. The van der Waals surface area contributed by atoms with Crippen molar-refractivity contribution in [3.05, 3.63) is 64.2 Å². The number of non-ortho nitro benzene ring substituents is 1. The molecule has 3 rings (SSSR count). The molecule has 2 aromatic heterocycles. The van der Waals surface area contributed by atoms with Crippen molar-refractivity contribution in [2.24, 2.45) is 0 Å². The molecule has 0 aliphatic rings. The molecule has 0 radical (unpaired) electrons. The molecule has 3 aromatic rings. The van der Waals surface area contributed by atoms with Crippen LogP contribution in [0.5, 0.6) is 0 Å². The molecule has 1 amide bonds. The molecule has 1 aromatic carbocycles. The van der Waals surface area contributed by atoms with E-state index in [-0.39, 0.29) is 16.9 Å². The number of alkyl halides is 3. The van der Waals surface area contributed by atoms with Crippen LogP contribution in [-0.4, -0.2) is 25.4 Å². The maximum Gasteiger partial charge on any atom is 0.417 e. The smallest absolute Gasteiger partial charge is 0.346 e. The van der Waals surface area contributed by atoms with E-state index in [2.05, 4.69) is 15.3 Å². The molecule has 0 bridgehead atoms. The van der Waals surface area contributed by atoms with Crippen molar-refractivity contribution in [2.75, 3.05) is 0 Å². The number of nitro groups is 1. The summed E-state index contributed by atoms with van der Waals surface area (Å²) >= 11 is 0. The van der Waals surface area contributed by atoms with Gasteiger partial charge in [0.25, 0.3) is 5.69 Å². The number of imidazole rings is 1. The third-order valence-corrected chi connectivity index (χ3v) is 4.48. The molecular formula is C18H16F3N5O3. The minimum Gasteiger partial charge on any atom is -0.346 e. The number of halogens is 3. The first-order valence-corrected chi connectivity index (χ1v) is 8.49. The van der Waals surface area contributed by atoms with E-state index in [1.807, 2.05) is 0 Å². The van der Waals surface area contributed by atoms with E-state index in [1.54, 1.807) is 13.0 Å². The first-order chi connectivity index (χ1) is 13.6. The van der Waals surface area contributed by atoms with Gasteiger partial charge in [0, 0.05) is 19.2 Å². The Kier molecular flexibility index (Phi) is 5.23. The highest BCUT2D eigenvalue weighted by atomic mass is 19.4. The largest absolute Gasteiger partial charge is 0.417 e. The number of nitrogens with one attached hydrogen (secondary N) is 1. The van der Waals surface area contributed by atoms with Gasteiger partial charge in [-0.15, -0.1) is 0 Å². The second-order valence-electron chi connectivity index (χ2n) is 6.44. The van der Waals surface area contributed by atoms with E-state index in [4.69, 9.17) is 0 Å². The second-order valence-corrected chi connectivity index (χ2v) is 6.44. The summed E-state index contributed by atoms with van der Waals surface area (Å²) in [6.45, 7) is 2.93. The first kappa shape index (κ1) is 20.2. The van der Waals surface area contributed by atoms with Crippen molar-refractivity contribution < 1.29 is 22.9 Å². The zero-order valence-corrected chi connectivity index (χ0v) is 15.3. The van der Waals surface area contributed by atoms with Gasteiger partial charge in [0.1, 0.15) is 5.52 Å². The molecule has 11 heteroatoms. The fourth-order valence-corrected chi connectivity index (χ4v) is 3.10. The maximum atomic E-state index is 12.8. The third-order valence-electron chi connectivity index (χ3n) is 4.48. The molecule has 0 aliphatic heterocycles. The molecule has 29 heavy (non-hydrogen) atoms. The van der Waals surface area contributed by atoms with Crippen LogP contribution in [0.3, 0.4) is 0 Å². The number of amides is 1. The average molecular weight is 407 g/mol. The molecule has 2 unspecified atom stereocenters. The number of pyridine rings is 1. The summed E-state index contributed by atoms with van der Waals surface area (Å²) in [5.74, 6) is -0.428. The van der Waals surface area contributed by atoms with Gasteiger partial charge in [0.05, 0.1) is 40.1 Å². The molecule has 8 nitrogen and oxygen atoms in total. The van der Waals surface area contributed by atoms with E-state index in [9.17, 15) is 28.1 Å². The van der Waals surface area contributed by atoms with Crippen molar-refractivity contribution in [3.63, 3.8) is 0 Å². The molecule has 2 atom stereocenters. The van der Waals surface area contributed by atoms with Gasteiger partial charge in [-0.2, -0.15) is 13.2 Å². The summed E-state index contributed by atoms with van der Waals surface area (Å²) in [7, 11) is 0.